The van der Waals surface area contributed by atoms with Crippen LogP contribution in [0.2, 0.25) is 0 Å². The Labute approximate surface area is 118 Å². The second-order valence-corrected chi connectivity index (χ2v) is 6.89. The van der Waals surface area contributed by atoms with Crippen LogP contribution in [-0.2, 0) is 4.79 Å². The van der Waals surface area contributed by atoms with Crippen molar-refractivity contribution in [2.45, 2.75) is 84.7 Å². The van der Waals surface area contributed by atoms with E-state index in [2.05, 4.69) is 38.3 Å². The molecule has 0 aromatic heterocycles. The predicted octanol–water partition coefficient (Wildman–Crippen LogP) is 3.24. The maximum absolute atomic E-state index is 12.1. The number of unbranched alkanes of at least 4 members (excludes halogenated alkanes) is 2. The molecule has 3 nitrogen and oxygen atoms in total. The summed E-state index contributed by atoms with van der Waals surface area (Å²) in [6.07, 6.45) is 8.32. The minimum atomic E-state index is 0.0233. The Hall–Kier alpha value is -0.570. The fourth-order valence-electron chi connectivity index (χ4n) is 2.74. The molecule has 1 aliphatic rings. The molecule has 1 fully saturated rings. The maximum Gasteiger partial charge on any atom is 0.237 e. The van der Waals surface area contributed by atoms with Gasteiger partial charge in [-0.15, -0.1) is 0 Å². The number of carbonyl (C=O) groups excluding carboxylic acids is 1. The van der Waals surface area contributed by atoms with Crippen LogP contribution in [0.4, 0.5) is 0 Å². The lowest BCUT2D eigenvalue weighted by Gasteiger charge is -2.30. The first-order valence-electron chi connectivity index (χ1n) is 7.98. The normalized spacial score (nSPS) is 24.2. The summed E-state index contributed by atoms with van der Waals surface area (Å²) in [7, 11) is 0. The molecular formula is C16H32N2O. The molecule has 0 aliphatic carbocycles. The Bertz CT molecular complexity index is 276. The van der Waals surface area contributed by atoms with E-state index < -0.39 is 0 Å². The molecule has 1 amide bonds. The van der Waals surface area contributed by atoms with Crippen LogP contribution in [-0.4, -0.2) is 24.5 Å². The molecule has 0 bridgehead atoms. The third-order valence-corrected chi connectivity index (χ3v) is 4.13. The van der Waals surface area contributed by atoms with E-state index in [0.29, 0.717) is 6.04 Å². The summed E-state index contributed by atoms with van der Waals surface area (Å²) in [6.45, 7) is 9.68. The van der Waals surface area contributed by atoms with Gasteiger partial charge in [0.15, 0.2) is 0 Å². The molecule has 0 radical (unpaired) electrons. The van der Waals surface area contributed by atoms with Crippen molar-refractivity contribution in [3.63, 3.8) is 0 Å². The van der Waals surface area contributed by atoms with E-state index in [1.165, 1.54) is 32.1 Å². The molecule has 19 heavy (non-hydrogen) atoms. The first kappa shape index (κ1) is 16.5. The largest absolute Gasteiger partial charge is 0.354 e. The highest BCUT2D eigenvalue weighted by molar-refractivity contribution is 5.81. The molecule has 0 aromatic carbocycles. The molecule has 1 aliphatic heterocycles. The summed E-state index contributed by atoms with van der Waals surface area (Å²) in [6, 6.07) is 0.497. The molecule has 0 saturated carbocycles. The fourth-order valence-corrected chi connectivity index (χ4v) is 2.74. The topological polar surface area (TPSA) is 41.1 Å². The van der Waals surface area contributed by atoms with Crippen molar-refractivity contribution < 1.29 is 4.79 Å². The Balaban J connectivity index is 2.28. The zero-order valence-corrected chi connectivity index (χ0v) is 13.2. The van der Waals surface area contributed by atoms with Crippen molar-refractivity contribution in [1.82, 2.24) is 10.6 Å². The summed E-state index contributed by atoms with van der Waals surface area (Å²) in [5.74, 6) is 0.190. The fraction of sp³-hybridized carbons (Fsp3) is 0.938. The van der Waals surface area contributed by atoms with Gasteiger partial charge in [0.2, 0.25) is 5.91 Å². The molecule has 2 N–H and O–H groups in total. The molecule has 112 valence electrons. The third-order valence-electron chi connectivity index (χ3n) is 4.13. The first-order valence-corrected chi connectivity index (χ1v) is 7.98. The van der Waals surface area contributed by atoms with Crippen LogP contribution < -0.4 is 10.6 Å². The van der Waals surface area contributed by atoms with Gasteiger partial charge in [0.05, 0.1) is 6.04 Å². The van der Waals surface area contributed by atoms with Gasteiger partial charge in [-0.25, -0.2) is 0 Å². The highest BCUT2D eigenvalue weighted by Crippen LogP contribution is 2.23. The predicted molar refractivity (Wildman–Crippen MR) is 81.2 cm³/mol. The van der Waals surface area contributed by atoms with Crippen LogP contribution in [0.1, 0.15) is 72.6 Å². The molecule has 1 rings (SSSR count). The van der Waals surface area contributed by atoms with Crippen LogP contribution in [0.3, 0.4) is 0 Å². The summed E-state index contributed by atoms with van der Waals surface area (Å²) in [5, 5.41) is 6.53. The van der Waals surface area contributed by atoms with Gasteiger partial charge in [-0.2, -0.15) is 0 Å². The van der Waals surface area contributed by atoms with Gasteiger partial charge in [0.1, 0.15) is 0 Å². The van der Waals surface area contributed by atoms with Crippen LogP contribution in [0, 0.1) is 5.41 Å². The van der Waals surface area contributed by atoms with Gasteiger partial charge >= 0.3 is 0 Å². The standard InChI is InChI=1S/C16H32N2O/c1-5-6-7-11-16(3,4)12-17-15(19)14-10-8-9-13(2)18-14/h13-14,18H,5-12H2,1-4H3,(H,17,19). The third kappa shape index (κ3) is 6.42. The summed E-state index contributed by atoms with van der Waals surface area (Å²) < 4.78 is 0. The van der Waals surface area contributed by atoms with Crippen LogP contribution in [0.15, 0.2) is 0 Å². The number of amides is 1. The quantitative estimate of drug-likeness (QED) is 0.696. The van der Waals surface area contributed by atoms with Crippen LogP contribution >= 0.6 is 0 Å². The summed E-state index contributed by atoms with van der Waals surface area (Å²) >= 11 is 0. The van der Waals surface area contributed by atoms with Gasteiger partial charge in [-0.3, -0.25) is 4.79 Å². The molecule has 1 heterocycles. The second-order valence-electron chi connectivity index (χ2n) is 6.89. The zero-order chi connectivity index (χ0) is 14.3. The number of hydrogen-bond donors (Lipinski definition) is 2. The first-order chi connectivity index (χ1) is 8.94. The summed E-state index contributed by atoms with van der Waals surface area (Å²) in [4.78, 5) is 12.1. The lowest BCUT2D eigenvalue weighted by Crippen LogP contribution is -2.51. The smallest absolute Gasteiger partial charge is 0.237 e. The number of carbonyl (C=O) groups is 1. The van der Waals surface area contributed by atoms with Crippen molar-refractivity contribution in [1.29, 1.82) is 0 Å². The van der Waals surface area contributed by atoms with Crippen molar-refractivity contribution in [2.24, 2.45) is 5.41 Å². The Morgan fingerprint density at radius 1 is 1.32 bits per heavy atom. The minimum Gasteiger partial charge on any atom is -0.354 e. The lowest BCUT2D eigenvalue weighted by atomic mass is 9.86. The van der Waals surface area contributed by atoms with E-state index in [0.717, 1.165) is 19.4 Å². The Kier molecular flexibility index (Phi) is 6.84. The van der Waals surface area contributed by atoms with Crippen molar-refractivity contribution >= 4 is 5.91 Å². The highest BCUT2D eigenvalue weighted by Gasteiger charge is 2.25. The molecule has 0 spiro atoms. The minimum absolute atomic E-state index is 0.0233. The van der Waals surface area contributed by atoms with E-state index in [-0.39, 0.29) is 17.4 Å². The molecule has 1 saturated heterocycles. The number of nitrogens with one attached hydrogen (secondary N) is 2. The van der Waals surface area contributed by atoms with E-state index >= 15 is 0 Å². The average molecular weight is 268 g/mol. The Morgan fingerprint density at radius 2 is 2.05 bits per heavy atom. The SMILES string of the molecule is CCCCCC(C)(C)CNC(=O)C1CCCC(C)N1. The van der Waals surface area contributed by atoms with E-state index in [1.807, 2.05) is 0 Å². The molecule has 2 unspecified atom stereocenters. The van der Waals surface area contributed by atoms with Crippen LogP contribution in [0.5, 0.6) is 0 Å². The van der Waals surface area contributed by atoms with Crippen molar-refractivity contribution in [2.75, 3.05) is 6.54 Å². The average Bonchev–Trinajstić information content (AvgIpc) is 2.36. The summed E-state index contributed by atoms with van der Waals surface area (Å²) in [5.41, 5.74) is 0.213. The lowest BCUT2D eigenvalue weighted by molar-refractivity contribution is -0.124. The second kappa shape index (κ2) is 7.88. The van der Waals surface area contributed by atoms with Gasteiger partial charge in [-0.05, 0) is 38.0 Å². The van der Waals surface area contributed by atoms with Crippen LogP contribution in [0.25, 0.3) is 0 Å². The molecule has 3 heteroatoms. The molecule has 0 aromatic rings. The number of piperidine rings is 1. The van der Waals surface area contributed by atoms with E-state index in [9.17, 15) is 4.79 Å². The van der Waals surface area contributed by atoms with Gasteiger partial charge in [0.25, 0.3) is 0 Å². The number of hydrogen-bond acceptors (Lipinski definition) is 2. The highest BCUT2D eigenvalue weighted by atomic mass is 16.2. The monoisotopic (exact) mass is 268 g/mol. The van der Waals surface area contributed by atoms with Gasteiger partial charge in [0, 0.05) is 12.6 Å². The Morgan fingerprint density at radius 3 is 2.68 bits per heavy atom. The van der Waals surface area contributed by atoms with E-state index in [1.54, 1.807) is 0 Å². The molecular weight excluding hydrogens is 236 g/mol. The van der Waals surface area contributed by atoms with Crippen molar-refractivity contribution in [3.8, 4) is 0 Å². The zero-order valence-electron chi connectivity index (χ0n) is 13.2. The van der Waals surface area contributed by atoms with Crippen molar-refractivity contribution in [3.05, 3.63) is 0 Å². The number of rotatable bonds is 7. The van der Waals surface area contributed by atoms with E-state index in [4.69, 9.17) is 0 Å². The molecule has 2 atom stereocenters. The van der Waals surface area contributed by atoms with Gasteiger partial charge in [-0.1, -0.05) is 40.0 Å². The van der Waals surface area contributed by atoms with Gasteiger partial charge < -0.3 is 10.6 Å². The maximum atomic E-state index is 12.1.